The summed E-state index contributed by atoms with van der Waals surface area (Å²) in [7, 11) is 1.41. The molecule has 1 aromatic rings. The van der Waals surface area contributed by atoms with Crippen LogP contribution in [0.15, 0.2) is 18.3 Å². The predicted molar refractivity (Wildman–Crippen MR) is 72.8 cm³/mol. The van der Waals surface area contributed by atoms with Gasteiger partial charge >= 0.3 is 11.9 Å². The molecule has 2 heterocycles. The summed E-state index contributed by atoms with van der Waals surface area (Å²) in [6, 6.07) is 3.29. The summed E-state index contributed by atoms with van der Waals surface area (Å²) in [6.07, 6.45) is 3.91. The van der Waals surface area contributed by atoms with Gasteiger partial charge in [0.05, 0.1) is 19.0 Å². The third-order valence-corrected chi connectivity index (χ3v) is 3.63. The van der Waals surface area contributed by atoms with Crippen molar-refractivity contribution in [3.8, 4) is 0 Å². The Labute approximate surface area is 117 Å². The SMILES string of the molecule is COC(=O)CC1CCN(c2ccc(C(=O)O)nc2)CC1. The topological polar surface area (TPSA) is 79.7 Å². The lowest BCUT2D eigenvalue weighted by molar-refractivity contribution is -0.141. The Bertz CT molecular complexity index is 478. The van der Waals surface area contributed by atoms with Gasteiger partial charge in [-0.3, -0.25) is 4.79 Å². The van der Waals surface area contributed by atoms with Crippen LogP contribution < -0.4 is 4.90 Å². The normalized spacial score (nSPS) is 15.9. The number of methoxy groups -OCH3 is 1. The Morgan fingerprint density at radius 3 is 2.60 bits per heavy atom. The van der Waals surface area contributed by atoms with E-state index in [0.717, 1.165) is 31.6 Å². The van der Waals surface area contributed by atoms with Crippen LogP contribution in [0.4, 0.5) is 5.69 Å². The van der Waals surface area contributed by atoms with Crippen molar-refractivity contribution in [1.82, 2.24) is 4.98 Å². The van der Waals surface area contributed by atoms with E-state index >= 15 is 0 Å². The van der Waals surface area contributed by atoms with E-state index in [9.17, 15) is 9.59 Å². The number of hydrogen-bond acceptors (Lipinski definition) is 5. The Balaban J connectivity index is 1.90. The molecular formula is C14H18N2O4. The van der Waals surface area contributed by atoms with Crippen LogP contribution in [0.5, 0.6) is 0 Å². The minimum Gasteiger partial charge on any atom is -0.477 e. The first-order valence-corrected chi connectivity index (χ1v) is 6.61. The molecule has 1 saturated heterocycles. The highest BCUT2D eigenvalue weighted by Crippen LogP contribution is 2.25. The number of piperidine rings is 1. The van der Waals surface area contributed by atoms with Crippen LogP contribution in [-0.2, 0) is 9.53 Å². The van der Waals surface area contributed by atoms with Crippen LogP contribution in [0.3, 0.4) is 0 Å². The van der Waals surface area contributed by atoms with Gasteiger partial charge in [0.1, 0.15) is 5.69 Å². The molecule has 6 heteroatoms. The van der Waals surface area contributed by atoms with E-state index in [1.54, 1.807) is 12.3 Å². The van der Waals surface area contributed by atoms with E-state index in [2.05, 4.69) is 14.6 Å². The van der Waals surface area contributed by atoms with Gasteiger partial charge in [-0.2, -0.15) is 0 Å². The molecule has 1 N–H and O–H groups in total. The molecule has 0 atom stereocenters. The summed E-state index contributed by atoms with van der Waals surface area (Å²) in [6.45, 7) is 1.69. The zero-order valence-corrected chi connectivity index (χ0v) is 11.4. The van der Waals surface area contributed by atoms with Gasteiger partial charge in [-0.1, -0.05) is 0 Å². The number of aromatic carboxylic acids is 1. The van der Waals surface area contributed by atoms with E-state index in [1.807, 2.05) is 0 Å². The van der Waals surface area contributed by atoms with Gasteiger partial charge in [0.25, 0.3) is 0 Å². The van der Waals surface area contributed by atoms with E-state index in [-0.39, 0.29) is 11.7 Å². The second-order valence-corrected chi connectivity index (χ2v) is 4.92. The van der Waals surface area contributed by atoms with Crippen LogP contribution in [0.2, 0.25) is 0 Å². The maximum Gasteiger partial charge on any atom is 0.354 e. The molecule has 2 rings (SSSR count). The van der Waals surface area contributed by atoms with Gasteiger partial charge < -0.3 is 14.7 Å². The quantitative estimate of drug-likeness (QED) is 0.842. The Morgan fingerprint density at radius 1 is 1.40 bits per heavy atom. The van der Waals surface area contributed by atoms with Crippen molar-refractivity contribution in [2.45, 2.75) is 19.3 Å². The molecule has 0 aliphatic carbocycles. The fourth-order valence-electron chi connectivity index (χ4n) is 2.41. The van der Waals surface area contributed by atoms with Crippen LogP contribution in [0.1, 0.15) is 29.8 Å². The van der Waals surface area contributed by atoms with E-state index in [1.165, 1.54) is 13.2 Å². The van der Waals surface area contributed by atoms with Gasteiger partial charge in [0.15, 0.2) is 0 Å². The molecule has 0 unspecified atom stereocenters. The maximum absolute atomic E-state index is 11.2. The molecule has 0 aromatic carbocycles. The highest BCUT2D eigenvalue weighted by Gasteiger charge is 2.22. The number of ether oxygens (including phenoxy) is 1. The number of carboxylic acids is 1. The van der Waals surface area contributed by atoms with Gasteiger partial charge in [0.2, 0.25) is 0 Å². The second-order valence-electron chi connectivity index (χ2n) is 4.92. The van der Waals surface area contributed by atoms with E-state index < -0.39 is 5.97 Å². The fourth-order valence-corrected chi connectivity index (χ4v) is 2.41. The summed E-state index contributed by atoms with van der Waals surface area (Å²) in [5, 5.41) is 8.81. The molecule has 0 bridgehead atoms. The number of nitrogens with zero attached hydrogens (tertiary/aromatic N) is 2. The number of aromatic nitrogens is 1. The standard InChI is InChI=1S/C14H18N2O4/c1-20-13(17)8-10-4-6-16(7-5-10)11-2-3-12(14(18)19)15-9-11/h2-3,9-10H,4-8H2,1H3,(H,18,19). The summed E-state index contributed by atoms with van der Waals surface area (Å²) in [5.41, 5.74) is 0.973. The Hall–Kier alpha value is -2.11. The number of rotatable bonds is 4. The zero-order valence-electron chi connectivity index (χ0n) is 11.4. The summed E-state index contributed by atoms with van der Waals surface area (Å²) < 4.78 is 4.68. The highest BCUT2D eigenvalue weighted by atomic mass is 16.5. The molecule has 20 heavy (non-hydrogen) atoms. The molecule has 1 aliphatic heterocycles. The lowest BCUT2D eigenvalue weighted by atomic mass is 9.93. The van der Waals surface area contributed by atoms with E-state index in [0.29, 0.717) is 12.3 Å². The van der Waals surface area contributed by atoms with Crippen molar-refractivity contribution < 1.29 is 19.4 Å². The van der Waals surface area contributed by atoms with E-state index in [4.69, 9.17) is 5.11 Å². The smallest absolute Gasteiger partial charge is 0.354 e. The summed E-state index contributed by atoms with van der Waals surface area (Å²) in [5.74, 6) is -0.811. The summed E-state index contributed by atoms with van der Waals surface area (Å²) >= 11 is 0. The van der Waals surface area contributed by atoms with Crippen molar-refractivity contribution in [3.63, 3.8) is 0 Å². The molecule has 0 spiro atoms. The lowest BCUT2D eigenvalue weighted by Crippen LogP contribution is -2.34. The average molecular weight is 278 g/mol. The third-order valence-electron chi connectivity index (χ3n) is 3.63. The molecular weight excluding hydrogens is 260 g/mol. The molecule has 0 radical (unpaired) electrons. The number of carbonyl (C=O) groups is 2. The number of anilines is 1. The number of carbonyl (C=O) groups excluding carboxylic acids is 1. The first-order valence-electron chi connectivity index (χ1n) is 6.61. The zero-order chi connectivity index (χ0) is 14.5. The minimum atomic E-state index is -1.02. The molecule has 0 amide bonds. The third kappa shape index (κ3) is 3.46. The van der Waals surface area contributed by atoms with Crippen molar-refractivity contribution in [2.75, 3.05) is 25.1 Å². The van der Waals surface area contributed by atoms with Gasteiger partial charge in [-0.05, 0) is 30.9 Å². The van der Waals surface area contributed by atoms with Gasteiger partial charge in [-0.15, -0.1) is 0 Å². The number of pyridine rings is 1. The molecule has 0 saturated carbocycles. The van der Waals surface area contributed by atoms with Crippen molar-refractivity contribution >= 4 is 17.6 Å². The fraction of sp³-hybridized carbons (Fsp3) is 0.500. The Morgan fingerprint density at radius 2 is 2.10 bits per heavy atom. The number of carboxylic acid groups (broad SMARTS) is 1. The van der Waals surface area contributed by atoms with Crippen molar-refractivity contribution in [3.05, 3.63) is 24.0 Å². The highest BCUT2D eigenvalue weighted by molar-refractivity contribution is 5.85. The van der Waals surface area contributed by atoms with Gasteiger partial charge in [-0.25, -0.2) is 9.78 Å². The maximum atomic E-state index is 11.2. The van der Waals surface area contributed by atoms with Crippen LogP contribution >= 0.6 is 0 Å². The molecule has 1 aromatic heterocycles. The minimum absolute atomic E-state index is 0.0503. The van der Waals surface area contributed by atoms with Crippen LogP contribution in [0, 0.1) is 5.92 Å². The molecule has 1 fully saturated rings. The Kier molecular flexibility index (Phi) is 4.55. The summed E-state index contributed by atoms with van der Waals surface area (Å²) in [4.78, 5) is 28.1. The number of hydrogen-bond donors (Lipinski definition) is 1. The predicted octanol–water partition coefficient (Wildman–Crippen LogP) is 1.56. The van der Waals surface area contributed by atoms with Crippen LogP contribution in [0.25, 0.3) is 0 Å². The lowest BCUT2D eigenvalue weighted by Gasteiger charge is -2.33. The first kappa shape index (κ1) is 14.3. The van der Waals surface area contributed by atoms with Crippen molar-refractivity contribution in [1.29, 1.82) is 0 Å². The molecule has 6 nitrogen and oxygen atoms in total. The van der Waals surface area contributed by atoms with Gasteiger partial charge in [0, 0.05) is 19.5 Å². The van der Waals surface area contributed by atoms with Crippen LogP contribution in [-0.4, -0.2) is 42.2 Å². The molecule has 108 valence electrons. The number of esters is 1. The first-order chi connectivity index (χ1) is 9.60. The largest absolute Gasteiger partial charge is 0.477 e. The average Bonchev–Trinajstić information content (AvgIpc) is 2.48. The monoisotopic (exact) mass is 278 g/mol. The second kappa shape index (κ2) is 6.36. The van der Waals surface area contributed by atoms with Crippen molar-refractivity contribution in [2.24, 2.45) is 5.92 Å². The molecule has 1 aliphatic rings.